The molecule has 6 rings (SSSR count). The number of aromatic nitrogens is 3. The van der Waals surface area contributed by atoms with E-state index in [1.54, 1.807) is 22.6 Å². The number of fused-ring (bicyclic) bond motifs is 2. The molecule has 1 saturated heterocycles. The van der Waals surface area contributed by atoms with Gasteiger partial charge in [0.05, 0.1) is 48.2 Å². The van der Waals surface area contributed by atoms with E-state index in [2.05, 4.69) is 15.3 Å². The number of hydrogen-bond acceptors (Lipinski definition) is 9. The summed E-state index contributed by atoms with van der Waals surface area (Å²) in [6.07, 6.45) is 3.36. The molecule has 3 aromatic heterocycles. The van der Waals surface area contributed by atoms with Crippen LogP contribution in [0.25, 0.3) is 16.9 Å². The lowest BCUT2D eigenvalue weighted by molar-refractivity contribution is 0.0764. The van der Waals surface area contributed by atoms with Crippen molar-refractivity contribution in [1.29, 1.82) is 0 Å². The Balaban J connectivity index is 1.41. The first-order valence-corrected chi connectivity index (χ1v) is 14.4. The zero-order valence-corrected chi connectivity index (χ0v) is 22.5. The van der Waals surface area contributed by atoms with Crippen LogP contribution in [-0.4, -0.2) is 64.3 Å². The van der Waals surface area contributed by atoms with E-state index in [9.17, 15) is 27.5 Å². The molecule has 41 heavy (non-hydrogen) atoms. The molecule has 0 aliphatic carbocycles. The lowest BCUT2D eigenvalue weighted by Crippen LogP contribution is -2.29. The van der Waals surface area contributed by atoms with Crippen molar-refractivity contribution in [1.82, 2.24) is 19.3 Å². The number of anilines is 2. The number of amides is 2. The first kappa shape index (κ1) is 26.8. The maximum Gasteiger partial charge on any atom is 0.414 e. The van der Waals surface area contributed by atoms with Gasteiger partial charge in [0.15, 0.2) is 0 Å². The molecule has 1 fully saturated rings. The minimum atomic E-state index is -3.73. The van der Waals surface area contributed by atoms with Gasteiger partial charge in [0, 0.05) is 30.4 Å². The second-order valence-electron chi connectivity index (χ2n) is 9.79. The molecule has 5 heterocycles. The molecule has 2 aliphatic heterocycles. The molecule has 1 atom stereocenters. The number of carbonyl (C=O) groups is 2. The first-order valence-electron chi connectivity index (χ1n) is 12.6. The van der Waals surface area contributed by atoms with Crippen LogP contribution in [0.4, 0.5) is 20.7 Å². The number of hydrogen-bond donors (Lipinski definition) is 2. The number of benzene rings is 1. The molecule has 2 aliphatic rings. The molecule has 14 heteroatoms. The van der Waals surface area contributed by atoms with Crippen molar-refractivity contribution in [3.05, 3.63) is 77.0 Å². The van der Waals surface area contributed by atoms with Crippen LogP contribution in [0.3, 0.4) is 0 Å². The average Bonchev–Trinajstić information content (AvgIpc) is 3.67. The van der Waals surface area contributed by atoms with Gasteiger partial charge in [-0.3, -0.25) is 13.4 Å². The van der Waals surface area contributed by atoms with Gasteiger partial charge in [0.1, 0.15) is 23.9 Å². The highest BCUT2D eigenvalue weighted by atomic mass is 32.2. The van der Waals surface area contributed by atoms with Crippen LogP contribution >= 0.6 is 0 Å². The molecule has 12 nitrogen and oxygen atoms in total. The quantitative estimate of drug-likeness (QED) is 0.307. The van der Waals surface area contributed by atoms with Crippen LogP contribution in [0.2, 0.25) is 0 Å². The minimum absolute atomic E-state index is 0.0305. The fraction of sp³-hybridized carbons (Fsp3) is 0.259. The Labute approximate surface area is 233 Å². The van der Waals surface area contributed by atoms with Crippen molar-refractivity contribution in [2.45, 2.75) is 25.5 Å². The predicted molar refractivity (Wildman–Crippen MR) is 144 cm³/mol. The van der Waals surface area contributed by atoms with Crippen LogP contribution < -0.4 is 5.32 Å². The van der Waals surface area contributed by atoms with Gasteiger partial charge in [0.25, 0.3) is 16.0 Å². The lowest BCUT2D eigenvalue weighted by Gasteiger charge is -2.17. The molecule has 2 amide bonds. The van der Waals surface area contributed by atoms with Gasteiger partial charge in [-0.15, -0.1) is 0 Å². The number of pyridine rings is 2. The van der Waals surface area contributed by atoms with Gasteiger partial charge in [0.2, 0.25) is 0 Å². The van der Waals surface area contributed by atoms with Gasteiger partial charge in [-0.25, -0.2) is 24.1 Å². The number of carbonyl (C=O) groups excluding carboxylic acids is 1. The number of carboxylic acid groups (broad SMARTS) is 1. The molecular formula is C27H24FN5O7S. The second-order valence-corrected chi connectivity index (χ2v) is 11.4. The molecule has 1 aromatic carbocycles. The summed E-state index contributed by atoms with van der Waals surface area (Å²) in [5.74, 6) is -0.825. The molecule has 0 radical (unpaired) electrons. The summed E-state index contributed by atoms with van der Waals surface area (Å²) < 4.78 is 49.3. The minimum Gasteiger partial charge on any atom is -0.465 e. The summed E-state index contributed by atoms with van der Waals surface area (Å²) >= 11 is 0. The Kier molecular flexibility index (Phi) is 6.68. The Hall–Kier alpha value is -4.40. The average molecular weight is 582 g/mol. The van der Waals surface area contributed by atoms with Crippen molar-refractivity contribution in [3.8, 4) is 11.3 Å². The number of imidazole rings is 1. The SMILES string of the molecule is CS(=O)(=O)OCc1nc(Nc2ccc(-c3cnc4cc(F)ccn34)c3c2C(=O)N(C(=O)O)C3)ccc1[C@@H]1CCOC1. The molecule has 2 N–H and O–H groups in total. The third kappa shape index (κ3) is 5.12. The maximum absolute atomic E-state index is 13.7. The third-order valence-electron chi connectivity index (χ3n) is 7.12. The highest BCUT2D eigenvalue weighted by Gasteiger charge is 2.37. The van der Waals surface area contributed by atoms with E-state index in [1.165, 1.54) is 24.5 Å². The van der Waals surface area contributed by atoms with E-state index in [-0.39, 0.29) is 24.6 Å². The molecule has 212 valence electrons. The molecule has 4 aromatic rings. The molecular weight excluding hydrogens is 557 g/mol. The molecule has 0 bridgehead atoms. The summed E-state index contributed by atoms with van der Waals surface area (Å²) in [5.41, 5.74) is 3.60. The van der Waals surface area contributed by atoms with Crippen LogP contribution in [0, 0.1) is 5.82 Å². The van der Waals surface area contributed by atoms with Crippen molar-refractivity contribution >= 4 is 39.3 Å². The normalized spacial score (nSPS) is 16.9. The topological polar surface area (TPSA) is 152 Å². The third-order valence-corrected chi connectivity index (χ3v) is 7.67. The van der Waals surface area contributed by atoms with Crippen LogP contribution in [0.15, 0.2) is 48.8 Å². The van der Waals surface area contributed by atoms with Crippen LogP contribution in [0.5, 0.6) is 0 Å². The van der Waals surface area contributed by atoms with E-state index in [0.29, 0.717) is 57.8 Å². The molecule has 0 spiro atoms. The number of imide groups is 1. The predicted octanol–water partition coefficient (Wildman–Crippen LogP) is 3.89. The summed E-state index contributed by atoms with van der Waals surface area (Å²) in [6, 6.07) is 9.42. The summed E-state index contributed by atoms with van der Waals surface area (Å²) in [5, 5.41) is 12.8. The van der Waals surface area contributed by atoms with Crippen molar-refractivity contribution < 1.29 is 36.4 Å². The Morgan fingerprint density at radius 3 is 2.83 bits per heavy atom. The fourth-order valence-corrected chi connectivity index (χ4v) is 5.55. The molecule has 0 unspecified atom stereocenters. The fourth-order valence-electron chi connectivity index (χ4n) is 5.22. The van der Waals surface area contributed by atoms with E-state index < -0.39 is 27.9 Å². The van der Waals surface area contributed by atoms with E-state index in [0.717, 1.165) is 18.2 Å². The van der Waals surface area contributed by atoms with Crippen molar-refractivity contribution in [2.24, 2.45) is 0 Å². The summed E-state index contributed by atoms with van der Waals surface area (Å²) in [4.78, 5) is 34.8. The highest BCUT2D eigenvalue weighted by molar-refractivity contribution is 7.85. The van der Waals surface area contributed by atoms with Gasteiger partial charge < -0.3 is 15.2 Å². The Morgan fingerprint density at radius 2 is 2.10 bits per heavy atom. The number of nitrogens with one attached hydrogen (secondary N) is 1. The number of ether oxygens (including phenoxy) is 1. The molecule has 0 saturated carbocycles. The van der Waals surface area contributed by atoms with E-state index >= 15 is 0 Å². The monoisotopic (exact) mass is 581 g/mol. The van der Waals surface area contributed by atoms with E-state index in [1.807, 2.05) is 6.07 Å². The maximum atomic E-state index is 13.7. The smallest absolute Gasteiger partial charge is 0.414 e. The van der Waals surface area contributed by atoms with Crippen molar-refractivity contribution in [2.75, 3.05) is 24.8 Å². The van der Waals surface area contributed by atoms with Gasteiger partial charge in [-0.1, -0.05) is 12.1 Å². The Morgan fingerprint density at radius 1 is 1.27 bits per heavy atom. The van der Waals surface area contributed by atoms with E-state index in [4.69, 9.17) is 8.92 Å². The summed E-state index contributed by atoms with van der Waals surface area (Å²) in [6.45, 7) is 0.589. The number of halogens is 1. The first-order chi connectivity index (χ1) is 19.6. The second kappa shape index (κ2) is 10.2. The zero-order chi connectivity index (χ0) is 28.9. The Bertz CT molecular complexity index is 1820. The zero-order valence-electron chi connectivity index (χ0n) is 21.7. The largest absolute Gasteiger partial charge is 0.465 e. The van der Waals surface area contributed by atoms with Crippen molar-refractivity contribution in [3.63, 3.8) is 0 Å². The van der Waals surface area contributed by atoms with Gasteiger partial charge in [-0.2, -0.15) is 8.42 Å². The highest BCUT2D eigenvalue weighted by Crippen LogP contribution is 2.39. The van der Waals surface area contributed by atoms with Gasteiger partial charge in [-0.05, 0) is 35.7 Å². The van der Waals surface area contributed by atoms with Crippen LogP contribution in [0.1, 0.15) is 39.5 Å². The lowest BCUT2D eigenvalue weighted by atomic mass is 9.97. The van der Waals surface area contributed by atoms with Crippen LogP contribution in [-0.2, 0) is 32.2 Å². The standard InChI is InChI=1S/C27H24FN5O7S/c1-41(37,38)40-14-21-17(15-7-9-39-13-15)3-5-23(31-21)30-20-4-2-18(19-12-33(27(35)36)26(34)25(19)20)22-11-29-24-10-16(28)6-8-32(22)24/h2-6,8,10-11,15H,7,9,12-14H2,1H3,(H,30,31)(H,35,36)/t15-/m1/s1. The van der Waals surface area contributed by atoms with Gasteiger partial charge >= 0.3 is 6.09 Å². The summed E-state index contributed by atoms with van der Waals surface area (Å²) in [7, 11) is -3.73. The number of nitrogens with zero attached hydrogens (tertiary/aromatic N) is 4. The number of rotatable bonds is 7.